The standard InChI is InChI=1S/C16H19N3O4S/c1-23-14(12-6-4-3-5-7-12)11-18-16(20)19-13-8-9-15(17-10-13)24(2,21)22/h3-10,14H,11H2,1-2H3,(H2,18,19,20)/t14-/m0/s1. The summed E-state index contributed by atoms with van der Waals surface area (Å²) in [5.74, 6) is 0. The van der Waals surface area contributed by atoms with E-state index in [0.29, 0.717) is 12.2 Å². The number of rotatable bonds is 6. The summed E-state index contributed by atoms with van der Waals surface area (Å²) in [6.07, 6.45) is 2.10. The quantitative estimate of drug-likeness (QED) is 0.831. The fourth-order valence-electron chi connectivity index (χ4n) is 2.04. The van der Waals surface area contributed by atoms with Crippen LogP contribution in [0.25, 0.3) is 0 Å². The van der Waals surface area contributed by atoms with Crippen molar-refractivity contribution in [2.24, 2.45) is 0 Å². The van der Waals surface area contributed by atoms with E-state index in [1.807, 2.05) is 30.3 Å². The van der Waals surface area contributed by atoms with E-state index in [9.17, 15) is 13.2 Å². The van der Waals surface area contributed by atoms with E-state index in [1.54, 1.807) is 7.11 Å². The van der Waals surface area contributed by atoms with Crippen LogP contribution >= 0.6 is 0 Å². The molecule has 0 aliphatic heterocycles. The fourth-order valence-corrected chi connectivity index (χ4v) is 2.60. The van der Waals surface area contributed by atoms with Gasteiger partial charge in [0.1, 0.15) is 0 Å². The maximum Gasteiger partial charge on any atom is 0.319 e. The SMILES string of the molecule is CO[C@@H](CNC(=O)Nc1ccc(S(C)(=O)=O)nc1)c1ccccc1. The van der Waals surface area contributed by atoms with Gasteiger partial charge in [0.15, 0.2) is 14.9 Å². The Hall–Kier alpha value is -2.45. The Bertz CT molecular complexity index is 777. The summed E-state index contributed by atoms with van der Waals surface area (Å²) in [4.78, 5) is 15.7. The molecule has 1 atom stereocenters. The average molecular weight is 349 g/mol. The van der Waals surface area contributed by atoms with E-state index in [4.69, 9.17) is 4.74 Å². The number of amides is 2. The summed E-state index contributed by atoms with van der Waals surface area (Å²) in [7, 11) is -1.79. The summed E-state index contributed by atoms with van der Waals surface area (Å²) < 4.78 is 28.0. The minimum Gasteiger partial charge on any atom is -0.375 e. The van der Waals surface area contributed by atoms with Crippen molar-refractivity contribution in [3.63, 3.8) is 0 Å². The Morgan fingerprint density at radius 3 is 2.46 bits per heavy atom. The van der Waals surface area contributed by atoms with Gasteiger partial charge in [-0.25, -0.2) is 18.2 Å². The number of urea groups is 1. The first kappa shape index (κ1) is 17.9. The van der Waals surface area contributed by atoms with Crippen LogP contribution in [0, 0.1) is 0 Å². The van der Waals surface area contributed by atoms with Crippen LogP contribution in [0.2, 0.25) is 0 Å². The zero-order chi connectivity index (χ0) is 17.6. The second-order valence-electron chi connectivity index (χ2n) is 5.13. The van der Waals surface area contributed by atoms with Gasteiger partial charge in [0.25, 0.3) is 0 Å². The molecule has 1 aromatic heterocycles. The highest BCUT2D eigenvalue weighted by molar-refractivity contribution is 7.90. The second-order valence-corrected chi connectivity index (χ2v) is 7.09. The third kappa shape index (κ3) is 5.04. The molecule has 24 heavy (non-hydrogen) atoms. The molecular formula is C16H19N3O4S. The van der Waals surface area contributed by atoms with Crippen LogP contribution in [-0.4, -0.2) is 39.3 Å². The molecule has 8 heteroatoms. The third-order valence-electron chi connectivity index (χ3n) is 3.28. The summed E-state index contributed by atoms with van der Waals surface area (Å²) in [5.41, 5.74) is 1.35. The van der Waals surface area contributed by atoms with Gasteiger partial charge in [-0.1, -0.05) is 30.3 Å². The number of anilines is 1. The maximum atomic E-state index is 11.9. The number of carbonyl (C=O) groups excluding carboxylic acids is 1. The second kappa shape index (κ2) is 7.89. The van der Waals surface area contributed by atoms with Crippen LogP contribution in [0.15, 0.2) is 53.7 Å². The van der Waals surface area contributed by atoms with Gasteiger partial charge >= 0.3 is 6.03 Å². The maximum absolute atomic E-state index is 11.9. The summed E-state index contributed by atoms with van der Waals surface area (Å²) in [6, 6.07) is 11.9. The molecule has 0 spiro atoms. The molecule has 2 rings (SSSR count). The first-order valence-corrected chi connectivity index (χ1v) is 9.08. The smallest absolute Gasteiger partial charge is 0.319 e. The molecule has 1 aromatic carbocycles. The minimum absolute atomic E-state index is 0.0445. The Balaban J connectivity index is 1.91. The molecule has 0 aliphatic rings. The van der Waals surface area contributed by atoms with Crippen molar-refractivity contribution in [3.8, 4) is 0 Å². The van der Waals surface area contributed by atoms with Crippen molar-refractivity contribution in [1.29, 1.82) is 0 Å². The number of nitrogens with zero attached hydrogens (tertiary/aromatic N) is 1. The molecule has 0 aliphatic carbocycles. The predicted molar refractivity (Wildman–Crippen MR) is 90.6 cm³/mol. The van der Waals surface area contributed by atoms with Crippen LogP contribution in [-0.2, 0) is 14.6 Å². The zero-order valence-electron chi connectivity index (χ0n) is 13.4. The van der Waals surface area contributed by atoms with Gasteiger partial charge in [0, 0.05) is 19.9 Å². The molecular weight excluding hydrogens is 330 g/mol. The lowest BCUT2D eigenvalue weighted by Crippen LogP contribution is -2.33. The van der Waals surface area contributed by atoms with Crippen molar-refractivity contribution < 1.29 is 17.9 Å². The summed E-state index contributed by atoms with van der Waals surface area (Å²) >= 11 is 0. The number of hydrogen-bond acceptors (Lipinski definition) is 5. The normalized spacial score (nSPS) is 12.4. The molecule has 2 aromatic rings. The number of aromatic nitrogens is 1. The Kier molecular flexibility index (Phi) is 5.88. The Labute approximate surface area is 141 Å². The topological polar surface area (TPSA) is 97.4 Å². The number of carbonyl (C=O) groups is 1. The highest BCUT2D eigenvalue weighted by Crippen LogP contribution is 2.15. The highest BCUT2D eigenvalue weighted by Gasteiger charge is 2.12. The largest absolute Gasteiger partial charge is 0.375 e. The molecule has 0 radical (unpaired) electrons. The van der Waals surface area contributed by atoms with E-state index in [2.05, 4.69) is 15.6 Å². The molecule has 128 valence electrons. The Morgan fingerprint density at radius 1 is 1.21 bits per heavy atom. The Morgan fingerprint density at radius 2 is 1.92 bits per heavy atom. The van der Waals surface area contributed by atoms with Crippen LogP contribution < -0.4 is 10.6 Å². The monoisotopic (exact) mass is 349 g/mol. The van der Waals surface area contributed by atoms with Gasteiger partial charge in [-0.05, 0) is 17.7 Å². The van der Waals surface area contributed by atoms with Crippen molar-refractivity contribution in [2.45, 2.75) is 11.1 Å². The third-order valence-corrected chi connectivity index (χ3v) is 4.28. The summed E-state index contributed by atoms with van der Waals surface area (Å²) in [6.45, 7) is 0.293. The lowest BCUT2D eigenvalue weighted by molar-refractivity contribution is 0.104. The lowest BCUT2D eigenvalue weighted by Gasteiger charge is -2.16. The molecule has 2 N–H and O–H groups in total. The van der Waals surface area contributed by atoms with E-state index in [1.165, 1.54) is 18.3 Å². The fraction of sp³-hybridized carbons (Fsp3) is 0.250. The highest BCUT2D eigenvalue weighted by atomic mass is 32.2. The number of sulfone groups is 1. The first-order chi connectivity index (χ1) is 11.4. The molecule has 0 bridgehead atoms. The van der Waals surface area contributed by atoms with Crippen LogP contribution in [0.4, 0.5) is 10.5 Å². The van der Waals surface area contributed by atoms with E-state index < -0.39 is 15.9 Å². The van der Waals surface area contributed by atoms with Gasteiger partial charge < -0.3 is 15.4 Å². The first-order valence-electron chi connectivity index (χ1n) is 7.19. The summed E-state index contributed by atoms with van der Waals surface area (Å²) in [5, 5.41) is 5.25. The molecule has 0 fully saturated rings. The molecule has 0 saturated carbocycles. The van der Waals surface area contributed by atoms with Crippen LogP contribution in [0.5, 0.6) is 0 Å². The molecule has 0 saturated heterocycles. The number of ether oxygens (including phenoxy) is 1. The average Bonchev–Trinajstić information content (AvgIpc) is 2.56. The van der Waals surface area contributed by atoms with Gasteiger partial charge in [-0.2, -0.15) is 0 Å². The molecule has 1 heterocycles. The van der Waals surface area contributed by atoms with E-state index in [0.717, 1.165) is 11.8 Å². The van der Waals surface area contributed by atoms with Crippen molar-refractivity contribution in [2.75, 3.05) is 25.2 Å². The van der Waals surface area contributed by atoms with Crippen molar-refractivity contribution in [1.82, 2.24) is 10.3 Å². The van der Waals surface area contributed by atoms with Crippen LogP contribution in [0.1, 0.15) is 11.7 Å². The molecule has 0 unspecified atom stereocenters. The molecule has 7 nitrogen and oxygen atoms in total. The van der Waals surface area contributed by atoms with Crippen molar-refractivity contribution >= 4 is 21.6 Å². The number of hydrogen-bond donors (Lipinski definition) is 2. The zero-order valence-corrected chi connectivity index (χ0v) is 14.2. The van der Waals surface area contributed by atoms with Gasteiger partial charge in [0.2, 0.25) is 0 Å². The number of methoxy groups -OCH3 is 1. The molecule has 2 amide bonds. The number of pyridine rings is 1. The van der Waals surface area contributed by atoms with Gasteiger partial charge in [-0.3, -0.25) is 0 Å². The number of nitrogens with one attached hydrogen (secondary N) is 2. The lowest BCUT2D eigenvalue weighted by atomic mass is 10.1. The van der Waals surface area contributed by atoms with Crippen molar-refractivity contribution in [3.05, 3.63) is 54.2 Å². The number of benzene rings is 1. The van der Waals surface area contributed by atoms with E-state index >= 15 is 0 Å². The minimum atomic E-state index is -3.36. The van der Waals surface area contributed by atoms with Gasteiger partial charge in [0.05, 0.1) is 18.0 Å². The van der Waals surface area contributed by atoms with E-state index in [-0.39, 0.29) is 11.1 Å². The van der Waals surface area contributed by atoms with Crippen LogP contribution in [0.3, 0.4) is 0 Å². The predicted octanol–water partition coefficient (Wildman–Crippen LogP) is 1.99. The van der Waals surface area contributed by atoms with Gasteiger partial charge in [-0.15, -0.1) is 0 Å².